The molecule has 2 rings (SSSR count). The van der Waals surface area contributed by atoms with Crippen LogP contribution in [0, 0.1) is 5.92 Å². The standard InChI is InChI=1S/C18H26N2O4/c1-12(2)24-15-9-8-14(11-16(15)23-3)18(22)20-19-17(21)10-13-6-4-5-7-13/h8-9,11-13H,4-7,10H2,1-3H3,(H,19,21)(H,20,22). The van der Waals surface area contributed by atoms with Gasteiger partial charge < -0.3 is 9.47 Å². The van der Waals surface area contributed by atoms with Crippen molar-refractivity contribution in [2.75, 3.05) is 7.11 Å². The summed E-state index contributed by atoms with van der Waals surface area (Å²) < 4.78 is 10.9. The van der Waals surface area contributed by atoms with Gasteiger partial charge >= 0.3 is 0 Å². The molecule has 1 saturated carbocycles. The summed E-state index contributed by atoms with van der Waals surface area (Å²) in [7, 11) is 1.52. The SMILES string of the molecule is COc1cc(C(=O)NNC(=O)CC2CCCC2)ccc1OC(C)C. The van der Waals surface area contributed by atoms with Crippen LogP contribution in [0.1, 0.15) is 56.3 Å². The van der Waals surface area contributed by atoms with E-state index in [1.807, 2.05) is 13.8 Å². The number of amides is 2. The Hall–Kier alpha value is -2.24. The molecule has 24 heavy (non-hydrogen) atoms. The highest BCUT2D eigenvalue weighted by Gasteiger charge is 2.19. The normalized spacial score (nSPS) is 14.5. The van der Waals surface area contributed by atoms with Gasteiger partial charge in [-0.2, -0.15) is 0 Å². The van der Waals surface area contributed by atoms with Crippen LogP contribution in [0.15, 0.2) is 18.2 Å². The second kappa shape index (κ2) is 8.57. The number of benzene rings is 1. The number of carbonyl (C=O) groups excluding carboxylic acids is 2. The third-order valence-electron chi connectivity index (χ3n) is 4.05. The summed E-state index contributed by atoms with van der Waals surface area (Å²) in [5.41, 5.74) is 5.32. The zero-order valence-electron chi connectivity index (χ0n) is 14.6. The molecule has 1 aliphatic carbocycles. The fraction of sp³-hybridized carbons (Fsp3) is 0.556. The minimum absolute atomic E-state index is 0.00783. The van der Waals surface area contributed by atoms with Gasteiger partial charge in [-0.3, -0.25) is 20.4 Å². The van der Waals surface area contributed by atoms with E-state index in [0.29, 0.717) is 29.4 Å². The second-order valence-corrected chi connectivity index (χ2v) is 6.39. The molecule has 0 saturated heterocycles. The maximum Gasteiger partial charge on any atom is 0.269 e. The largest absolute Gasteiger partial charge is 0.493 e. The van der Waals surface area contributed by atoms with Crippen molar-refractivity contribution in [2.24, 2.45) is 5.92 Å². The van der Waals surface area contributed by atoms with Gasteiger partial charge in [0.05, 0.1) is 13.2 Å². The van der Waals surface area contributed by atoms with E-state index < -0.39 is 0 Å². The van der Waals surface area contributed by atoms with Crippen molar-refractivity contribution in [3.8, 4) is 11.5 Å². The lowest BCUT2D eigenvalue weighted by atomic mass is 10.0. The minimum Gasteiger partial charge on any atom is -0.493 e. The van der Waals surface area contributed by atoms with Gasteiger partial charge in [-0.15, -0.1) is 0 Å². The highest BCUT2D eigenvalue weighted by molar-refractivity contribution is 5.96. The topological polar surface area (TPSA) is 76.7 Å². The van der Waals surface area contributed by atoms with Gasteiger partial charge in [-0.25, -0.2) is 0 Å². The average molecular weight is 334 g/mol. The Labute approximate surface area is 142 Å². The van der Waals surface area contributed by atoms with E-state index in [2.05, 4.69) is 10.9 Å². The van der Waals surface area contributed by atoms with Crippen LogP contribution in [0.25, 0.3) is 0 Å². The molecular weight excluding hydrogens is 308 g/mol. The molecule has 1 aromatic rings. The Morgan fingerprint density at radius 2 is 1.88 bits per heavy atom. The van der Waals surface area contributed by atoms with Crippen molar-refractivity contribution in [1.29, 1.82) is 0 Å². The van der Waals surface area contributed by atoms with Crippen molar-refractivity contribution in [1.82, 2.24) is 10.9 Å². The molecular formula is C18H26N2O4. The highest BCUT2D eigenvalue weighted by Crippen LogP contribution is 2.29. The number of hydrogen-bond acceptors (Lipinski definition) is 4. The summed E-state index contributed by atoms with van der Waals surface area (Å²) in [6.07, 6.45) is 5.04. The lowest BCUT2D eigenvalue weighted by molar-refractivity contribution is -0.122. The maximum atomic E-state index is 12.2. The first-order chi connectivity index (χ1) is 11.5. The highest BCUT2D eigenvalue weighted by atomic mass is 16.5. The van der Waals surface area contributed by atoms with E-state index in [0.717, 1.165) is 12.8 Å². The van der Waals surface area contributed by atoms with Crippen LogP contribution >= 0.6 is 0 Å². The molecule has 0 spiro atoms. The number of rotatable bonds is 6. The van der Waals surface area contributed by atoms with E-state index in [4.69, 9.17) is 9.47 Å². The van der Waals surface area contributed by atoms with Gasteiger partial charge in [0.1, 0.15) is 0 Å². The van der Waals surface area contributed by atoms with Crippen LogP contribution in [0.5, 0.6) is 11.5 Å². The van der Waals surface area contributed by atoms with Crippen LogP contribution < -0.4 is 20.3 Å². The van der Waals surface area contributed by atoms with Gasteiger partial charge in [0.2, 0.25) is 5.91 Å². The molecule has 1 aromatic carbocycles. The molecule has 1 aliphatic rings. The summed E-state index contributed by atoms with van der Waals surface area (Å²) in [6, 6.07) is 4.92. The molecule has 0 heterocycles. The molecule has 0 unspecified atom stereocenters. The van der Waals surface area contributed by atoms with Crippen LogP contribution in [0.3, 0.4) is 0 Å². The first kappa shape index (κ1) is 18.1. The molecule has 1 fully saturated rings. The molecule has 0 aliphatic heterocycles. The summed E-state index contributed by atoms with van der Waals surface area (Å²) in [5, 5.41) is 0. The Bertz CT molecular complexity index is 580. The molecule has 6 nitrogen and oxygen atoms in total. The average Bonchev–Trinajstić information content (AvgIpc) is 3.05. The summed E-state index contributed by atoms with van der Waals surface area (Å²) >= 11 is 0. The zero-order valence-corrected chi connectivity index (χ0v) is 14.6. The van der Waals surface area contributed by atoms with Gasteiger partial charge in [-0.1, -0.05) is 12.8 Å². The first-order valence-corrected chi connectivity index (χ1v) is 8.43. The Morgan fingerprint density at radius 1 is 1.17 bits per heavy atom. The third kappa shape index (κ3) is 5.15. The third-order valence-corrected chi connectivity index (χ3v) is 4.05. The van der Waals surface area contributed by atoms with Crippen LogP contribution in [-0.4, -0.2) is 25.0 Å². The van der Waals surface area contributed by atoms with Gasteiger partial charge in [0.15, 0.2) is 11.5 Å². The van der Waals surface area contributed by atoms with Gasteiger partial charge in [0.25, 0.3) is 5.91 Å². The Kier molecular flexibility index (Phi) is 6.46. The van der Waals surface area contributed by atoms with Crippen molar-refractivity contribution in [2.45, 2.75) is 52.1 Å². The molecule has 0 aromatic heterocycles. The molecule has 2 N–H and O–H groups in total. The minimum atomic E-state index is -0.385. The van der Waals surface area contributed by atoms with Crippen molar-refractivity contribution in [3.63, 3.8) is 0 Å². The van der Waals surface area contributed by atoms with Crippen molar-refractivity contribution in [3.05, 3.63) is 23.8 Å². The van der Waals surface area contributed by atoms with E-state index in [9.17, 15) is 9.59 Å². The Morgan fingerprint density at radius 3 is 2.50 bits per heavy atom. The number of nitrogens with one attached hydrogen (secondary N) is 2. The summed E-state index contributed by atoms with van der Waals surface area (Å²) in [6.45, 7) is 3.83. The van der Waals surface area contributed by atoms with Crippen LogP contribution in [0.2, 0.25) is 0 Å². The smallest absolute Gasteiger partial charge is 0.269 e. The number of methoxy groups -OCH3 is 1. The number of hydrogen-bond donors (Lipinski definition) is 2. The number of carbonyl (C=O) groups is 2. The van der Waals surface area contributed by atoms with E-state index in [1.54, 1.807) is 18.2 Å². The van der Waals surface area contributed by atoms with E-state index in [1.165, 1.54) is 20.0 Å². The Balaban J connectivity index is 1.90. The molecule has 0 atom stereocenters. The first-order valence-electron chi connectivity index (χ1n) is 8.43. The molecule has 132 valence electrons. The second-order valence-electron chi connectivity index (χ2n) is 6.39. The monoisotopic (exact) mass is 334 g/mol. The predicted octanol–water partition coefficient (Wildman–Crippen LogP) is 2.82. The quantitative estimate of drug-likeness (QED) is 0.784. The van der Waals surface area contributed by atoms with Gasteiger partial charge in [0, 0.05) is 12.0 Å². The number of hydrazine groups is 1. The lowest BCUT2D eigenvalue weighted by Crippen LogP contribution is -2.42. The fourth-order valence-electron chi connectivity index (χ4n) is 2.89. The molecule has 6 heteroatoms. The summed E-state index contributed by atoms with van der Waals surface area (Å²) in [4.78, 5) is 24.0. The van der Waals surface area contributed by atoms with Crippen LogP contribution in [-0.2, 0) is 4.79 Å². The van der Waals surface area contributed by atoms with E-state index >= 15 is 0 Å². The molecule has 2 amide bonds. The number of ether oxygens (including phenoxy) is 2. The maximum absolute atomic E-state index is 12.2. The van der Waals surface area contributed by atoms with Crippen LogP contribution in [0.4, 0.5) is 0 Å². The molecule has 0 radical (unpaired) electrons. The lowest BCUT2D eigenvalue weighted by Gasteiger charge is -2.15. The van der Waals surface area contributed by atoms with Crippen molar-refractivity contribution < 1.29 is 19.1 Å². The zero-order chi connectivity index (χ0) is 17.5. The predicted molar refractivity (Wildman–Crippen MR) is 90.9 cm³/mol. The van der Waals surface area contributed by atoms with Crippen molar-refractivity contribution >= 4 is 11.8 Å². The van der Waals surface area contributed by atoms with E-state index in [-0.39, 0.29) is 17.9 Å². The fourth-order valence-corrected chi connectivity index (χ4v) is 2.89. The molecule has 0 bridgehead atoms. The van der Waals surface area contributed by atoms with Gasteiger partial charge in [-0.05, 0) is 50.8 Å². The summed E-state index contributed by atoms with van der Waals surface area (Å²) in [5.74, 6) is 0.962.